The van der Waals surface area contributed by atoms with E-state index in [1.807, 2.05) is 0 Å². The molecule has 0 amide bonds. The number of aromatic nitrogens is 4. The number of nitrogens with one attached hydrogen (secondary N) is 2. The molecule has 0 aliphatic carbocycles. The van der Waals surface area contributed by atoms with Gasteiger partial charge in [-0.3, -0.25) is 0 Å². The van der Waals surface area contributed by atoms with Crippen molar-refractivity contribution in [3.63, 3.8) is 0 Å². The summed E-state index contributed by atoms with van der Waals surface area (Å²) in [6.45, 7) is 1.66. The number of unbranched alkanes of at least 4 members (excludes halogenated alkanes) is 1. The van der Waals surface area contributed by atoms with Gasteiger partial charge in [0.05, 0.1) is 22.1 Å². The van der Waals surface area contributed by atoms with Crippen LogP contribution in [0.1, 0.15) is 12.8 Å². The molecule has 5 heteroatoms. The van der Waals surface area contributed by atoms with Crippen LogP contribution in [-0.4, -0.2) is 26.3 Å². The quantitative estimate of drug-likeness (QED) is 0.382. The molecule has 28 heavy (non-hydrogen) atoms. The highest BCUT2D eigenvalue weighted by atomic mass is 15.1. The molecule has 0 aliphatic heterocycles. The zero-order valence-electron chi connectivity index (χ0n) is 15.5. The molecule has 0 radical (unpaired) electrons. The molecule has 0 saturated heterocycles. The third kappa shape index (κ3) is 1.97. The van der Waals surface area contributed by atoms with Crippen LogP contribution >= 0.6 is 0 Å². The van der Waals surface area contributed by atoms with Gasteiger partial charge in [-0.25, -0.2) is 4.98 Å². The van der Waals surface area contributed by atoms with Gasteiger partial charge in [-0.15, -0.1) is 0 Å². The van der Waals surface area contributed by atoms with Crippen molar-refractivity contribution in [2.45, 2.75) is 19.4 Å². The Hall–Kier alpha value is -3.31. The van der Waals surface area contributed by atoms with Crippen molar-refractivity contribution in [3.8, 4) is 0 Å². The van der Waals surface area contributed by atoms with Gasteiger partial charge in [0.15, 0.2) is 0 Å². The predicted octanol–water partition coefficient (Wildman–Crippen LogP) is 5.04. The van der Waals surface area contributed by atoms with Crippen LogP contribution in [0.2, 0.25) is 0 Å². The van der Waals surface area contributed by atoms with E-state index in [1.54, 1.807) is 0 Å². The lowest BCUT2D eigenvalue weighted by Gasteiger charge is -2.08. The number of nitrogens with zero attached hydrogens (tertiary/aromatic N) is 2. The van der Waals surface area contributed by atoms with E-state index in [4.69, 9.17) is 10.7 Å². The summed E-state index contributed by atoms with van der Waals surface area (Å²) in [6.07, 6.45) is 4.14. The van der Waals surface area contributed by atoms with E-state index in [2.05, 4.69) is 69.5 Å². The third-order valence-electron chi connectivity index (χ3n) is 5.88. The summed E-state index contributed by atoms with van der Waals surface area (Å²) in [4.78, 5) is 5.08. The Morgan fingerprint density at radius 1 is 0.893 bits per heavy atom. The molecule has 3 heterocycles. The van der Waals surface area contributed by atoms with Crippen LogP contribution in [0.15, 0.2) is 54.7 Å². The summed E-state index contributed by atoms with van der Waals surface area (Å²) in [6, 6.07) is 17.1. The van der Waals surface area contributed by atoms with Crippen molar-refractivity contribution in [1.29, 1.82) is 0 Å². The molecule has 3 aromatic carbocycles. The number of rotatable bonds is 4. The zero-order valence-corrected chi connectivity index (χ0v) is 15.5. The number of hydrogen-bond donors (Lipinski definition) is 3. The van der Waals surface area contributed by atoms with E-state index in [1.165, 1.54) is 38.0 Å². The third-order valence-corrected chi connectivity index (χ3v) is 5.88. The second-order valence-corrected chi connectivity index (χ2v) is 7.44. The summed E-state index contributed by atoms with van der Waals surface area (Å²) in [5, 5.41) is 12.8. The lowest BCUT2D eigenvalue weighted by molar-refractivity contribution is 0.643. The van der Waals surface area contributed by atoms with E-state index >= 15 is 0 Å². The first kappa shape index (κ1) is 15.7. The number of nitrogens with two attached hydrogens (primary N) is 1. The van der Waals surface area contributed by atoms with Gasteiger partial charge < -0.3 is 20.5 Å². The highest BCUT2D eigenvalue weighted by molar-refractivity contribution is 6.34. The van der Waals surface area contributed by atoms with Gasteiger partial charge in [0, 0.05) is 45.2 Å². The summed E-state index contributed by atoms with van der Waals surface area (Å²) >= 11 is 0. The first-order chi connectivity index (χ1) is 13.9. The van der Waals surface area contributed by atoms with Crippen LogP contribution in [0.5, 0.6) is 0 Å². The van der Waals surface area contributed by atoms with Crippen LogP contribution in [0, 0.1) is 0 Å². The summed E-state index contributed by atoms with van der Waals surface area (Å²) < 4.78 is 2.44. The molecule has 6 rings (SSSR count). The van der Waals surface area contributed by atoms with E-state index in [0.29, 0.717) is 0 Å². The highest BCUT2D eigenvalue weighted by Crippen LogP contribution is 2.42. The van der Waals surface area contributed by atoms with Crippen LogP contribution in [0.4, 0.5) is 0 Å². The Morgan fingerprint density at radius 2 is 1.71 bits per heavy atom. The van der Waals surface area contributed by atoms with Gasteiger partial charge in [-0.05, 0) is 31.5 Å². The second-order valence-electron chi connectivity index (χ2n) is 7.44. The fourth-order valence-corrected chi connectivity index (χ4v) is 4.69. The SMILES string of the molecule is NCCCCn1c2ccccc2c2c3[nH][nH]cc3c3c4ccccc4nc3c21. The molecule has 0 fully saturated rings. The zero-order chi connectivity index (χ0) is 18.7. The van der Waals surface area contributed by atoms with Gasteiger partial charge >= 0.3 is 0 Å². The van der Waals surface area contributed by atoms with Crippen LogP contribution in [0.25, 0.3) is 54.5 Å². The van der Waals surface area contributed by atoms with Crippen molar-refractivity contribution in [2.24, 2.45) is 5.73 Å². The maximum atomic E-state index is 5.76. The smallest absolute Gasteiger partial charge is 0.0967 e. The van der Waals surface area contributed by atoms with E-state index < -0.39 is 0 Å². The molecular formula is C23H21N5. The molecule has 0 spiro atoms. The van der Waals surface area contributed by atoms with Gasteiger partial charge in [0.1, 0.15) is 0 Å². The molecule has 0 unspecified atom stereocenters. The van der Waals surface area contributed by atoms with Crippen molar-refractivity contribution < 1.29 is 0 Å². The molecule has 0 bridgehead atoms. The normalized spacial score (nSPS) is 12.3. The molecule has 0 atom stereocenters. The largest absolute Gasteiger partial charge is 0.339 e. The first-order valence-electron chi connectivity index (χ1n) is 9.85. The Labute approximate surface area is 161 Å². The van der Waals surface area contributed by atoms with Crippen molar-refractivity contribution in [3.05, 3.63) is 54.7 Å². The lowest BCUT2D eigenvalue weighted by Crippen LogP contribution is -2.03. The Bertz CT molecular complexity index is 1480. The van der Waals surface area contributed by atoms with Crippen molar-refractivity contribution in [1.82, 2.24) is 19.7 Å². The molecule has 6 aromatic rings. The molecule has 5 nitrogen and oxygen atoms in total. The van der Waals surface area contributed by atoms with Gasteiger partial charge in [-0.2, -0.15) is 0 Å². The average molecular weight is 367 g/mol. The topological polar surface area (TPSA) is 75.4 Å². The molecular weight excluding hydrogens is 346 g/mol. The number of benzene rings is 3. The average Bonchev–Trinajstić information content (AvgIpc) is 3.41. The minimum absolute atomic E-state index is 0.723. The Kier molecular flexibility index (Phi) is 3.28. The van der Waals surface area contributed by atoms with E-state index in [0.717, 1.165) is 42.5 Å². The van der Waals surface area contributed by atoms with Crippen molar-refractivity contribution in [2.75, 3.05) is 6.54 Å². The number of aromatic amines is 2. The van der Waals surface area contributed by atoms with Crippen LogP contribution in [0.3, 0.4) is 0 Å². The number of fused-ring (bicyclic) bond motifs is 10. The van der Waals surface area contributed by atoms with Crippen LogP contribution < -0.4 is 5.73 Å². The highest BCUT2D eigenvalue weighted by Gasteiger charge is 2.21. The minimum atomic E-state index is 0.723. The summed E-state index contributed by atoms with van der Waals surface area (Å²) in [7, 11) is 0. The van der Waals surface area contributed by atoms with Gasteiger partial charge in [-0.1, -0.05) is 36.4 Å². The van der Waals surface area contributed by atoms with E-state index in [9.17, 15) is 0 Å². The predicted molar refractivity (Wildman–Crippen MR) is 117 cm³/mol. The standard InChI is InChI=1S/C23H21N5/c24-11-5-6-12-28-18-10-4-2-8-15(18)20-21-16(13-25-27-21)19-14-7-1-3-9-17(14)26-22(19)23(20)28/h1-4,7-10,13,25,27H,5-6,11-12,24H2. The Morgan fingerprint density at radius 3 is 2.61 bits per heavy atom. The molecule has 3 aromatic heterocycles. The first-order valence-corrected chi connectivity index (χ1v) is 9.85. The number of para-hydroxylation sites is 2. The fraction of sp³-hybridized carbons (Fsp3) is 0.174. The summed E-state index contributed by atoms with van der Waals surface area (Å²) in [5.41, 5.74) is 11.5. The number of hydrogen-bond acceptors (Lipinski definition) is 2. The molecule has 0 aliphatic rings. The molecule has 4 N–H and O–H groups in total. The Balaban J connectivity index is 1.88. The second kappa shape index (κ2) is 5.84. The number of aryl methyl sites for hydroxylation is 1. The molecule has 138 valence electrons. The maximum Gasteiger partial charge on any atom is 0.0967 e. The maximum absolute atomic E-state index is 5.76. The van der Waals surface area contributed by atoms with Crippen LogP contribution in [-0.2, 0) is 6.54 Å². The monoisotopic (exact) mass is 367 g/mol. The number of H-pyrrole nitrogens is 2. The van der Waals surface area contributed by atoms with Gasteiger partial charge in [0.25, 0.3) is 0 Å². The van der Waals surface area contributed by atoms with E-state index in [-0.39, 0.29) is 0 Å². The molecule has 0 saturated carbocycles. The van der Waals surface area contributed by atoms with Crippen molar-refractivity contribution >= 4 is 54.5 Å². The van der Waals surface area contributed by atoms with Gasteiger partial charge in [0.2, 0.25) is 0 Å². The fourth-order valence-electron chi connectivity index (χ4n) is 4.69. The minimum Gasteiger partial charge on any atom is -0.339 e. The summed E-state index contributed by atoms with van der Waals surface area (Å²) in [5.74, 6) is 0. The lowest BCUT2D eigenvalue weighted by atomic mass is 10.0.